The predicted octanol–water partition coefficient (Wildman–Crippen LogP) is 2.04. The fourth-order valence-electron chi connectivity index (χ4n) is 2.79. The molecule has 0 radical (unpaired) electrons. The molecule has 0 bridgehead atoms. The normalized spacial score (nSPS) is 40.4. The van der Waals surface area contributed by atoms with Crippen LogP contribution in [0.5, 0.6) is 0 Å². The standard InChI is InChI=1S/C11H21NO/c1-12(2)10-4-7-11(8-5-10)6-3-9-13-11/h10H,3-9H2,1-2H3. The molecule has 1 saturated heterocycles. The number of hydrogen-bond acceptors (Lipinski definition) is 2. The molecule has 76 valence electrons. The molecule has 1 aliphatic carbocycles. The minimum Gasteiger partial charge on any atom is -0.375 e. The molecule has 0 aromatic rings. The van der Waals surface area contributed by atoms with Crippen LogP contribution in [-0.4, -0.2) is 37.2 Å². The smallest absolute Gasteiger partial charge is 0.0684 e. The van der Waals surface area contributed by atoms with Crippen LogP contribution in [0.3, 0.4) is 0 Å². The van der Waals surface area contributed by atoms with Crippen molar-refractivity contribution in [2.45, 2.75) is 50.2 Å². The number of nitrogens with zero attached hydrogens (tertiary/aromatic N) is 1. The van der Waals surface area contributed by atoms with E-state index in [0.717, 1.165) is 12.6 Å². The van der Waals surface area contributed by atoms with Crippen molar-refractivity contribution < 1.29 is 4.74 Å². The van der Waals surface area contributed by atoms with Gasteiger partial charge in [-0.3, -0.25) is 0 Å². The number of hydrogen-bond donors (Lipinski definition) is 0. The largest absolute Gasteiger partial charge is 0.375 e. The van der Waals surface area contributed by atoms with Crippen LogP contribution in [0, 0.1) is 0 Å². The molecule has 0 N–H and O–H groups in total. The van der Waals surface area contributed by atoms with E-state index in [4.69, 9.17) is 4.74 Å². The van der Waals surface area contributed by atoms with Gasteiger partial charge in [-0.05, 0) is 52.6 Å². The molecule has 0 unspecified atom stereocenters. The average Bonchev–Trinajstić information content (AvgIpc) is 2.54. The van der Waals surface area contributed by atoms with E-state index < -0.39 is 0 Å². The Labute approximate surface area is 81.3 Å². The Hall–Kier alpha value is -0.0800. The van der Waals surface area contributed by atoms with Crippen molar-refractivity contribution in [1.82, 2.24) is 4.90 Å². The van der Waals surface area contributed by atoms with Crippen LogP contribution in [0.15, 0.2) is 0 Å². The Kier molecular flexibility index (Phi) is 2.61. The molecule has 1 spiro atoms. The van der Waals surface area contributed by atoms with E-state index >= 15 is 0 Å². The maximum Gasteiger partial charge on any atom is 0.0684 e. The summed E-state index contributed by atoms with van der Waals surface area (Å²) in [6.45, 7) is 1.01. The van der Waals surface area contributed by atoms with Gasteiger partial charge in [-0.2, -0.15) is 0 Å². The molecule has 1 saturated carbocycles. The van der Waals surface area contributed by atoms with E-state index in [1.54, 1.807) is 0 Å². The van der Waals surface area contributed by atoms with Gasteiger partial charge in [0.05, 0.1) is 5.60 Å². The minimum atomic E-state index is 0.312. The third-order valence-corrected chi connectivity index (χ3v) is 3.78. The fraction of sp³-hybridized carbons (Fsp3) is 1.00. The molecule has 13 heavy (non-hydrogen) atoms. The molecule has 1 heterocycles. The predicted molar refractivity (Wildman–Crippen MR) is 53.9 cm³/mol. The van der Waals surface area contributed by atoms with Gasteiger partial charge < -0.3 is 9.64 Å². The third-order valence-electron chi connectivity index (χ3n) is 3.78. The van der Waals surface area contributed by atoms with Gasteiger partial charge in [0, 0.05) is 12.6 Å². The van der Waals surface area contributed by atoms with Crippen LogP contribution < -0.4 is 0 Å². The molecule has 1 aliphatic heterocycles. The van der Waals surface area contributed by atoms with Crippen LogP contribution in [0.25, 0.3) is 0 Å². The Balaban J connectivity index is 1.88. The number of ether oxygens (including phenoxy) is 1. The molecule has 0 aromatic carbocycles. The van der Waals surface area contributed by atoms with Gasteiger partial charge in [-0.15, -0.1) is 0 Å². The summed E-state index contributed by atoms with van der Waals surface area (Å²) in [7, 11) is 4.39. The molecule has 0 amide bonds. The van der Waals surface area contributed by atoms with E-state index in [0.29, 0.717) is 5.60 Å². The zero-order chi connectivity index (χ0) is 9.31. The summed E-state index contributed by atoms with van der Waals surface area (Å²) < 4.78 is 5.89. The highest BCUT2D eigenvalue weighted by Crippen LogP contribution is 2.40. The fourth-order valence-corrected chi connectivity index (χ4v) is 2.79. The quantitative estimate of drug-likeness (QED) is 0.617. The third kappa shape index (κ3) is 1.89. The Bertz CT molecular complexity index is 163. The summed E-state index contributed by atoms with van der Waals surface area (Å²) >= 11 is 0. The summed E-state index contributed by atoms with van der Waals surface area (Å²) in [6, 6.07) is 0.801. The maximum atomic E-state index is 5.89. The first-order chi connectivity index (χ1) is 6.22. The van der Waals surface area contributed by atoms with Crippen LogP contribution >= 0.6 is 0 Å². The van der Waals surface area contributed by atoms with Gasteiger partial charge in [0.1, 0.15) is 0 Å². The SMILES string of the molecule is CN(C)C1CCC2(CCCO2)CC1. The van der Waals surface area contributed by atoms with Gasteiger partial charge in [0.2, 0.25) is 0 Å². The van der Waals surface area contributed by atoms with Crippen LogP contribution in [0.4, 0.5) is 0 Å². The monoisotopic (exact) mass is 183 g/mol. The van der Waals surface area contributed by atoms with Gasteiger partial charge in [0.25, 0.3) is 0 Å². The van der Waals surface area contributed by atoms with Gasteiger partial charge >= 0.3 is 0 Å². The highest BCUT2D eigenvalue weighted by molar-refractivity contribution is 4.92. The topological polar surface area (TPSA) is 12.5 Å². The van der Waals surface area contributed by atoms with E-state index in [1.807, 2.05) is 0 Å². The first-order valence-corrected chi connectivity index (χ1v) is 5.52. The summed E-state index contributed by atoms with van der Waals surface area (Å²) in [5.74, 6) is 0. The second kappa shape index (κ2) is 3.58. The van der Waals surface area contributed by atoms with Crippen molar-refractivity contribution in [3.05, 3.63) is 0 Å². The van der Waals surface area contributed by atoms with Gasteiger partial charge in [-0.25, -0.2) is 0 Å². The van der Waals surface area contributed by atoms with Crippen molar-refractivity contribution in [3.63, 3.8) is 0 Å². The lowest BCUT2D eigenvalue weighted by Crippen LogP contribution is -2.40. The van der Waals surface area contributed by atoms with Crippen molar-refractivity contribution in [2.24, 2.45) is 0 Å². The Morgan fingerprint density at radius 3 is 2.31 bits per heavy atom. The molecule has 2 heteroatoms. The molecule has 0 atom stereocenters. The summed E-state index contributed by atoms with van der Waals surface area (Å²) in [4.78, 5) is 2.36. The summed E-state index contributed by atoms with van der Waals surface area (Å²) in [5, 5.41) is 0. The lowest BCUT2D eigenvalue weighted by atomic mass is 9.80. The minimum absolute atomic E-state index is 0.312. The van der Waals surface area contributed by atoms with E-state index in [1.165, 1.54) is 38.5 Å². The van der Waals surface area contributed by atoms with Crippen molar-refractivity contribution in [3.8, 4) is 0 Å². The molecule has 2 rings (SSSR count). The molecular weight excluding hydrogens is 162 g/mol. The first-order valence-electron chi connectivity index (χ1n) is 5.52. The second-order valence-corrected chi connectivity index (χ2v) is 4.83. The molecule has 2 aliphatic rings. The first kappa shape index (κ1) is 9.47. The molecule has 2 nitrogen and oxygen atoms in total. The van der Waals surface area contributed by atoms with Crippen LogP contribution in [0.1, 0.15) is 38.5 Å². The zero-order valence-corrected chi connectivity index (χ0v) is 8.88. The molecule has 0 aromatic heterocycles. The highest BCUT2D eigenvalue weighted by Gasteiger charge is 2.39. The number of rotatable bonds is 1. The van der Waals surface area contributed by atoms with Crippen molar-refractivity contribution in [1.29, 1.82) is 0 Å². The van der Waals surface area contributed by atoms with Crippen LogP contribution in [0.2, 0.25) is 0 Å². The molecule has 2 fully saturated rings. The summed E-state index contributed by atoms with van der Waals surface area (Å²) in [5.41, 5.74) is 0.312. The second-order valence-electron chi connectivity index (χ2n) is 4.83. The highest BCUT2D eigenvalue weighted by atomic mass is 16.5. The zero-order valence-electron chi connectivity index (χ0n) is 8.88. The Morgan fingerprint density at radius 1 is 1.15 bits per heavy atom. The van der Waals surface area contributed by atoms with Crippen LogP contribution in [-0.2, 0) is 4.74 Å². The van der Waals surface area contributed by atoms with Gasteiger partial charge in [0.15, 0.2) is 0 Å². The molecular formula is C11H21NO. The average molecular weight is 183 g/mol. The lowest BCUT2D eigenvalue weighted by Gasteiger charge is -2.38. The summed E-state index contributed by atoms with van der Waals surface area (Å²) in [6.07, 6.45) is 7.82. The van der Waals surface area contributed by atoms with E-state index in [-0.39, 0.29) is 0 Å². The Morgan fingerprint density at radius 2 is 1.85 bits per heavy atom. The maximum absolute atomic E-state index is 5.89. The van der Waals surface area contributed by atoms with E-state index in [9.17, 15) is 0 Å². The lowest BCUT2D eigenvalue weighted by molar-refractivity contribution is -0.0379. The van der Waals surface area contributed by atoms with Crippen molar-refractivity contribution in [2.75, 3.05) is 20.7 Å². The van der Waals surface area contributed by atoms with Gasteiger partial charge in [-0.1, -0.05) is 0 Å². The van der Waals surface area contributed by atoms with Crippen molar-refractivity contribution >= 4 is 0 Å². The van der Waals surface area contributed by atoms with E-state index in [2.05, 4.69) is 19.0 Å².